The number of nitrogens with one attached hydrogen (secondary N) is 1. The van der Waals surface area contributed by atoms with Crippen LogP contribution in [0.3, 0.4) is 0 Å². The molecule has 0 saturated heterocycles. The summed E-state index contributed by atoms with van der Waals surface area (Å²) in [5, 5.41) is 0.440. The van der Waals surface area contributed by atoms with E-state index >= 15 is 0 Å². The fourth-order valence-corrected chi connectivity index (χ4v) is 3.40. The van der Waals surface area contributed by atoms with Gasteiger partial charge in [-0.1, -0.05) is 30.5 Å². The summed E-state index contributed by atoms with van der Waals surface area (Å²) in [5.74, 6) is 5.43. The Morgan fingerprint density at radius 1 is 1.45 bits per heavy atom. The highest BCUT2D eigenvalue weighted by Gasteiger charge is 2.41. The molecule has 20 heavy (non-hydrogen) atoms. The number of nitrogens with two attached hydrogens (primary N) is 1. The summed E-state index contributed by atoms with van der Waals surface area (Å²) in [5.41, 5.74) is 3.54. The first kappa shape index (κ1) is 15.7. The SMILES string of the molecule is CCOC1(C(Cc2ccc(F)cc2Cl)NN)CCCC1. The molecular formula is C15H22ClFN2O. The highest BCUT2D eigenvalue weighted by Crippen LogP contribution is 2.37. The number of benzene rings is 1. The molecule has 1 unspecified atom stereocenters. The molecule has 0 aromatic heterocycles. The third-order valence-corrected chi connectivity index (χ3v) is 4.51. The van der Waals surface area contributed by atoms with Crippen molar-refractivity contribution in [2.24, 2.45) is 5.84 Å². The Kier molecular flexibility index (Phi) is 5.38. The highest BCUT2D eigenvalue weighted by molar-refractivity contribution is 6.31. The van der Waals surface area contributed by atoms with Crippen LogP contribution in [-0.2, 0) is 11.2 Å². The van der Waals surface area contributed by atoms with E-state index in [9.17, 15) is 4.39 Å². The van der Waals surface area contributed by atoms with E-state index in [0.717, 1.165) is 31.2 Å². The molecular weight excluding hydrogens is 279 g/mol. The fraction of sp³-hybridized carbons (Fsp3) is 0.600. The highest BCUT2D eigenvalue weighted by atomic mass is 35.5. The first-order chi connectivity index (χ1) is 9.61. The van der Waals surface area contributed by atoms with Gasteiger partial charge in [-0.05, 0) is 43.9 Å². The van der Waals surface area contributed by atoms with Gasteiger partial charge in [0.15, 0.2) is 0 Å². The van der Waals surface area contributed by atoms with Crippen molar-refractivity contribution in [2.75, 3.05) is 6.61 Å². The standard InChI is InChI=1S/C15H22ClFN2O/c1-2-20-15(7-3-4-8-15)14(19-18)9-11-5-6-12(17)10-13(11)16/h5-6,10,14,19H,2-4,7-9,18H2,1H3. The van der Waals surface area contributed by atoms with Crippen molar-refractivity contribution >= 4 is 11.6 Å². The molecule has 3 N–H and O–H groups in total. The number of hydrazine groups is 1. The van der Waals surface area contributed by atoms with Gasteiger partial charge in [-0.3, -0.25) is 11.3 Å². The number of rotatable bonds is 6. The molecule has 1 aromatic carbocycles. The summed E-state index contributed by atoms with van der Waals surface area (Å²) < 4.78 is 19.1. The maximum atomic E-state index is 13.1. The minimum Gasteiger partial charge on any atom is -0.374 e. The fourth-order valence-electron chi connectivity index (χ4n) is 3.16. The van der Waals surface area contributed by atoms with Crippen LogP contribution >= 0.6 is 11.6 Å². The van der Waals surface area contributed by atoms with Gasteiger partial charge in [0.05, 0.1) is 11.6 Å². The molecule has 1 fully saturated rings. The molecule has 2 rings (SSSR count). The number of ether oxygens (including phenoxy) is 1. The molecule has 0 amide bonds. The zero-order chi connectivity index (χ0) is 14.6. The Labute approximate surface area is 124 Å². The topological polar surface area (TPSA) is 47.3 Å². The largest absolute Gasteiger partial charge is 0.374 e. The normalized spacial score (nSPS) is 19.2. The van der Waals surface area contributed by atoms with Crippen LogP contribution in [0.2, 0.25) is 5.02 Å². The first-order valence-corrected chi connectivity index (χ1v) is 7.53. The second kappa shape index (κ2) is 6.85. The first-order valence-electron chi connectivity index (χ1n) is 7.15. The minimum absolute atomic E-state index is 0.0205. The van der Waals surface area contributed by atoms with E-state index in [1.807, 2.05) is 6.92 Å². The van der Waals surface area contributed by atoms with Gasteiger partial charge in [0.25, 0.3) is 0 Å². The Hall–Kier alpha value is -0.680. The number of halogens is 2. The van der Waals surface area contributed by atoms with Gasteiger partial charge in [-0.2, -0.15) is 0 Å². The molecule has 0 radical (unpaired) electrons. The Bertz CT molecular complexity index is 449. The third-order valence-electron chi connectivity index (χ3n) is 4.16. The third kappa shape index (κ3) is 3.31. The number of hydrogen-bond acceptors (Lipinski definition) is 3. The average Bonchev–Trinajstić information content (AvgIpc) is 2.88. The second-order valence-electron chi connectivity index (χ2n) is 5.36. The van der Waals surface area contributed by atoms with Crippen molar-refractivity contribution in [1.29, 1.82) is 0 Å². The van der Waals surface area contributed by atoms with Gasteiger partial charge < -0.3 is 4.74 Å². The van der Waals surface area contributed by atoms with Gasteiger partial charge in [0.1, 0.15) is 5.82 Å². The molecule has 5 heteroatoms. The van der Waals surface area contributed by atoms with Crippen LogP contribution in [0.25, 0.3) is 0 Å². The van der Waals surface area contributed by atoms with Crippen LogP contribution in [0.1, 0.15) is 38.2 Å². The molecule has 0 spiro atoms. The van der Waals surface area contributed by atoms with E-state index in [2.05, 4.69) is 5.43 Å². The molecule has 112 valence electrons. The maximum Gasteiger partial charge on any atom is 0.124 e. The summed E-state index contributed by atoms with van der Waals surface area (Å²) in [6.45, 7) is 2.66. The van der Waals surface area contributed by atoms with Crippen molar-refractivity contribution in [3.05, 3.63) is 34.6 Å². The lowest BCUT2D eigenvalue weighted by Gasteiger charge is -2.37. The van der Waals surface area contributed by atoms with E-state index in [1.165, 1.54) is 12.1 Å². The Morgan fingerprint density at radius 3 is 2.70 bits per heavy atom. The molecule has 1 aliphatic rings. The molecule has 0 bridgehead atoms. The quantitative estimate of drug-likeness (QED) is 0.626. The van der Waals surface area contributed by atoms with Crippen LogP contribution in [-0.4, -0.2) is 18.2 Å². The predicted octanol–water partition coefficient (Wildman–Crippen LogP) is 3.20. The summed E-state index contributed by atoms with van der Waals surface area (Å²) >= 11 is 6.11. The second-order valence-corrected chi connectivity index (χ2v) is 5.77. The smallest absolute Gasteiger partial charge is 0.124 e. The van der Waals surface area contributed by atoms with Gasteiger partial charge in [0, 0.05) is 11.6 Å². The summed E-state index contributed by atoms with van der Waals surface area (Å²) in [6.07, 6.45) is 4.92. The molecule has 1 aliphatic carbocycles. The Balaban J connectivity index is 2.18. The van der Waals surface area contributed by atoms with Crippen molar-refractivity contribution < 1.29 is 9.13 Å². The van der Waals surface area contributed by atoms with E-state index in [0.29, 0.717) is 18.1 Å². The molecule has 1 atom stereocenters. The van der Waals surface area contributed by atoms with Gasteiger partial charge in [-0.25, -0.2) is 4.39 Å². The lowest BCUT2D eigenvalue weighted by atomic mass is 9.87. The summed E-state index contributed by atoms with van der Waals surface area (Å²) in [6, 6.07) is 4.47. The lowest BCUT2D eigenvalue weighted by molar-refractivity contribution is -0.0613. The van der Waals surface area contributed by atoms with E-state index in [1.54, 1.807) is 6.07 Å². The van der Waals surface area contributed by atoms with Crippen LogP contribution in [0.4, 0.5) is 4.39 Å². The van der Waals surface area contributed by atoms with Crippen molar-refractivity contribution in [2.45, 2.75) is 50.7 Å². The van der Waals surface area contributed by atoms with Crippen LogP contribution in [0, 0.1) is 5.82 Å². The zero-order valence-corrected chi connectivity index (χ0v) is 12.5. The van der Waals surface area contributed by atoms with Gasteiger partial charge >= 0.3 is 0 Å². The van der Waals surface area contributed by atoms with Crippen LogP contribution in [0.15, 0.2) is 18.2 Å². The van der Waals surface area contributed by atoms with Crippen molar-refractivity contribution in [3.63, 3.8) is 0 Å². The van der Waals surface area contributed by atoms with Crippen molar-refractivity contribution in [3.8, 4) is 0 Å². The van der Waals surface area contributed by atoms with Gasteiger partial charge in [-0.15, -0.1) is 0 Å². The predicted molar refractivity (Wildman–Crippen MR) is 79.1 cm³/mol. The number of hydrogen-bond donors (Lipinski definition) is 2. The van der Waals surface area contributed by atoms with E-state index < -0.39 is 0 Å². The zero-order valence-electron chi connectivity index (χ0n) is 11.8. The van der Waals surface area contributed by atoms with Crippen molar-refractivity contribution in [1.82, 2.24) is 5.43 Å². The van der Waals surface area contributed by atoms with Crippen LogP contribution in [0.5, 0.6) is 0 Å². The maximum absolute atomic E-state index is 13.1. The summed E-state index contributed by atoms with van der Waals surface area (Å²) in [7, 11) is 0. The Morgan fingerprint density at radius 2 is 2.15 bits per heavy atom. The van der Waals surface area contributed by atoms with Gasteiger partial charge in [0.2, 0.25) is 0 Å². The van der Waals surface area contributed by atoms with E-state index in [4.69, 9.17) is 22.2 Å². The molecule has 1 saturated carbocycles. The molecule has 0 heterocycles. The summed E-state index contributed by atoms with van der Waals surface area (Å²) in [4.78, 5) is 0. The lowest BCUT2D eigenvalue weighted by Crippen LogP contribution is -2.54. The molecule has 0 aliphatic heterocycles. The van der Waals surface area contributed by atoms with Crippen LogP contribution < -0.4 is 11.3 Å². The monoisotopic (exact) mass is 300 g/mol. The molecule has 1 aromatic rings. The minimum atomic E-state index is -0.323. The molecule has 3 nitrogen and oxygen atoms in total. The van der Waals surface area contributed by atoms with E-state index in [-0.39, 0.29) is 17.5 Å². The average molecular weight is 301 g/mol.